The SMILES string of the molecule is O=C1N(F)c2ccccc2CC12CC2. The van der Waals surface area contributed by atoms with Crippen LogP contribution in [0.1, 0.15) is 18.4 Å². The molecular formula is C11H10FNO. The molecule has 0 atom stereocenters. The predicted molar refractivity (Wildman–Crippen MR) is 50.4 cm³/mol. The summed E-state index contributed by atoms with van der Waals surface area (Å²) < 4.78 is 13.6. The Labute approximate surface area is 81.3 Å². The van der Waals surface area contributed by atoms with Crippen molar-refractivity contribution in [1.29, 1.82) is 0 Å². The smallest absolute Gasteiger partial charge is 0.261 e. The van der Waals surface area contributed by atoms with Gasteiger partial charge in [-0.25, -0.2) is 0 Å². The molecule has 0 aromatic heterocycles. The normalized spacial score (nSPS) is 22.4. The van der Waals surface area contributed by atoms with Gasteiger partial charge in [-0.2, -0.15) is 0 Å². The van der Waals surface area contributed by atoms with E-state index in [1.165, 1.54) is 0 Å². The number of carbonyl (C=O) groups excluding carboxylic acids is 1. The number of para-hydroxylation sites is 1. The van der Waals surface area contributed by atoms with E-state index in [1.807, 2.05) is 12.1 Å². The number of amides is 1. The van der Waals surface area contributed by atoms with Crippen LogP contribution in [-0.2, 0) is 11.2 Å². The fourth-order valence-electron chi connectivity index (χ4n) is 2.15. The lowest BCUT2D eigenvalue weighted by Gasteiger charge is -2.27. The van der Waals surface area contributed by atoms with E-state index in [0.717, 1.165) is 18.4 Å². The van der Waals surface area contributed by atoms with Crippen LogP contribution in [0, 0.1) is 5.41 Å². The van der Waals surface area contributed by atoms with Crippen molar-refractivity contribution >= 4 is 11.6 Å². The summed E-state index contributed by atoms with van der Waals surface area (Å²) in [6, 6.07) is 7.19. The highest BCUT2D eigenvalue weighted by atomic mass is 19.2. The number of carbonyl (C=O) groups is 1. The summed E-state index contributed by atoms with van der Waals surface area (Å²) >= 11 is 0. The lowest BCUT2D eigenvalue weighted by atomic mass is 9.90. The molecule has 0 N–H and O–H groups in total. The summed E-state index contributed by atoms with van der Waals surface area (Å²) in [7, 11) is 0. The van der Waals surface area contributed by atoms with Crippen molar-refractivity contribution in [3.63, 3.8) is 0 Å². The van der Waals surface area contributed by atoms with Crippen LogP contribution in [0.3, 0.4) is 0 Å². The van der Waals surface area contributed by atoms with Crippen LogP contribution in [0.5, 0.6) is 0 Å². The van der Waals surface area contributed by atoms with Crippen molar-refractivity contribution in [3.8, 4) is 0 Å². The van der Waals surface area contributed by atoms with Gasteiger partial charge in [-0.05, 0) is 30.9 Å². The van der Waals surface area contributed by atoms with Gasteiger partial charge in [0.2, 0.25) is 0 Å². The van der Waals surface area contributed by atoms with Crippen molar-refractivity contribution in [3.05, 3.63) is 29.8 Å². The summed E-state index contributed by atoms with van der Waals surface area (Å²) in [5.41, 5.74) is 0.991. The first kappa shape index (κ1) is 7.97. The number of hydrogen-bond acceptors (Lipinski definition) is 1. The molecule has 1 spiro atoms. The molecule has 72 valence electrons. The second kappa shape index (κ2) is 2.35. The Morgan fingerprint density at radius 3 is 2.71 bits per heavy atom. The third-order valence-corrected chi connectivity index (χ3v) is 3.22. The zero-order valence-electron chi connectivity index (χ0n) is 7.66. The van der Waals surface area contributed by atoms with Crippen molar-refractivity contribution in [1.82, 2.24) is 0 Å². The molecule has 0 radical (unpaired) electrons. The minimum atomic E-state index is -0.386. The maximum Gasteiger partial charge on any atom is 0.261 e. The maximum atomic E-state index is 13.6. The van der Waals surface area contributed by atoms with Crippen LogP contribution >= 0.6 is 0 Å². The summed E-state index contributed by atoms with van der Waals surface area (Å²) in [5, 5.41) is 0.325. The van der Waals surface area contributed by atoms with Gasteiger partial charge in [0.25, 0.3) is 5.91 Å². The molecule has 1 saturated carbocycles. The number of hydrogen-bond donors (Lipinski definition) is 0. The standard InChI is InChI=1S/C11H10FNO/c12-13-9-4-2-1-3-8(9)7-11(5-6-11)10(13)14/h1-4H,5-7H2. The summed E-state index contributed by atoms with van der Waals surface area (Å²) in [6.45, 7) is 0. The van der Waals surface area contributed by atoms with Gasteiger partial charge in [-0.15, -0.1) is 5.12 Å². The van der Waals surface area contributed by atoms with Crippen molar-refractivity contribution < 1.29 is 9.28 Å². The minimum absolute atomic E-state index is 0.325. The molecule has 0 unspecified atom stereocenters. The second-order valence-electron chi connectivity index (χ2n) is 4.17. The molecule has 0 saturated heterocycles. The zero-order valence-corrected chi connectivity index (χ0v) is 7.66. The Balaban J connectivity index is 2.13. The zero-order chi connectivity index (χ0) is 9.76. The van der Waals surface area contributed by atoms with E-state index in [0.29, 0.717) is 17.2 Å². The average molecular weight is 191 g/mol. The largest absolute Gasteiger partial charge is 0.271 e. The fourth-order valence-corrected chi connectivity index (χ4v) is 2.15. The Kier molecular flexibility index (Phi) is 1.34. The van der Waals surface area contributed by atoms with Crippen LogP contribution in [-0.4, -0.2) is 5.91 Å². The monoisotopic (exact) mass is 191 g/mol. The van der Waals surface area contributed by atoms with E-state index in [1.54, 1.807) is 12.1 Å². The average Bonchev–Trinajstić information content (AvgIpc) is 2.96. The third kappa shape index (κ3) is 0.870. The molecule has 2 aliphatic rings. The van der Waals surface area contributed by atoms with Gasteiger partial charge in [-0.3, -0.25) is 4.79 Å². The first-order chi connectivity index (χ1) is 6.73. The van der Waals surface area contributed by atoms with Crippen LogP contribution in [0.15, 0.2) is 24.3 Å². The lowest BCUT2D eigenvalue weighted by Crippen LogP contribution is -2.37. The van der Waals surface area contributed by atoms with Crippen LogP contribution < -0.4 is 5.12 Å². The third-order valence-electron chi connectivity index (χ3n) is 3.22. The highest BCUT2D eigenvalue weighted by molar-refractivity contribution is 6.00. The van der Waals surface area contributed by atoms with Crippen LogP contribution in [0.4, 0.5) is 10.2 Å². The summed E-state index contributed by atoms with van der Waals surface area (Å²) in [6.07, 6.45) is 2.38. The topological polar surface area (TPSA) is 20.3 Å². The van der Waals surface area contributed by atoms with E-state index >= 15 is 0 Å². The highest BCUT2D eigenvalue weighted by Gasteiger charge is 2.55. The summed E-state index contributed by atoms with van der Waals surface area (Å²) in [5.74, 6) is -0.351. The van der Waals surface area contributed by atoms with Gasteiger partial charge < -0.3 is 0 Å². The molecular weight excluding hydrogens is 181 g/mol. The summed E-state index contributed by atoms with van der Waals surface area (Å²) in [4.78, 5) is 11.6. The molecule has 1 aliphatic heterocycles. The predicted octanol–water partition coefficient (Wildman–Crippen LogP) is 2.24. The quantitative estimate of drug-likeness (QED) is 0.576. The Bertz CT molecular complexity index is 412. The molecule has 1 aromatic rings. The highest BCUT2D eigenvalue weighted by Crippen LogP contribution is 2.54. The minimum Gasteiger partial charge on any atom is -0.271 e. The van der Waals surface area contributed by atoms with Crippen LogP contribution in [0.25, 0.3) is 0 Å². The van der Waals surface area contributed by atoms with E-state index in [2.05, 4.69) is 0 Å². The van der Waals surface area contributed by atoms with Gasteiger partial charge in [0.05, 0.1) is 11.1 Å². The van der Waals surface area contributed by atoms with Crippen molar-refractivity contribution in [2.75, 3.05) is 5.12 Å². The number of nitrogens with zero attached hydrogens (tertiary/aromatic N) is 1. The molecule has 3 rings (SSSR count). The van der Waals surface area contributed by atoms with Gasteiger partial charge >= 0.3 is 0 Å². The van der Waals surface area contributed by atoms with E-state index in [4.69, 9.17) is 0 Å². The lowest BCUT2D eigenvalue weighted by molar-refractivity contribution is -0.127. The first-order valence-corrected chi connectivity index (χ1v) is 4.81. The van der Waals surface area contributed by atoms with Gasteiger partial charge in [-0.1, -0.05) is 22.7 Å². The molecule has 1 aromatic carbocycles. The number of halogens is 1. The molecule has 1 amide bonds. The Morgan fingerprint density at radius 2 is 2.00 bits per heavy atom. The molecule has 1 heterocycles. The van der Waals surface area contributed by atoms with Gasteiger partial charge in [0.15, 0.2) is 0 Å². The van der Waals surface area contributed by atoms with Crippen LogP contribution in [0.2, 0.25) is 0 Å². The Morgan fingerprint density at radius 1 is 1.29 bits per heavy atom. The fraction of sp³-hybridized carbons (Fsp3) is 0.364. The van der Waals surface area contributed by atoms with E-state index in [9.17, 15) is 9.28 Å². The second-order valence-corrected chi connectivity index (χ2v) is 4.17. The molecule has 2 nitrogen and oxygen atoms in total. The number of benzene rings is 1. The Hall–Kier alpha value is -1.38. The van der Waals surface area contributed by atoms with E-state index in [-0.39, 0.29) is 11.3 Å². The number of fused-ring (bicyclic) bond motifs is 1. The van der Waals surface area contributed by atoms with Crippen molar-refractivity contribution in [2.24, 2.45) is 5.41 Å². The first-order valence-electron chi connectivity index (χ1n) is 4.81. The molecule has 14 heavy (non-hydrogen) atoms. The van der Waals surface area contributed by atoms with Gasteiger partial charge in [0.1, 0.15) is 0 Å². The molecule has 1 fully saturated rings. The molecule has 3 heteroatoms. The number of anilines is 1. The van der Waals surface area contributed by atoms with E-state index < -0.39 is 0 Å². The van der Waals surface area contributed by atoms with Gasteiger partial charge in [0, 0.05) is 0 Å². The number of rotatable bonds is 0. The molecule has 1 aliphatic carbocycles. The maximum absolute atomic E-state index is 13.6. The molecule has 0 bridgehead atoms. The van der Waals surface area contributed by atoms with Crippen molar-refractivity contribution in [2.45, 2.75) is 19.3 Å².